The predicted octanol–water partition coefficient (Wildman–Crippen LogP) is 1.42. The minimum absolute atomic E-state index is 0.000196. The number of imide groups is 1. The zero-order chi connectivity index (χ0) is 19.2. The fourth-order valence-corrected chi connectivity index (χ4v) is 3.21. The lowest BCUT2D eigenvalue weighted by molar-refractivity contribution is -0.138. The van der Waals surface area contributed by atoms with E-state index in [1.165, 1.54) is 6.07 Å². The van der Waals surface area contributed by atoms with Crippen molar-refractivity contribution in [1.82, 2.24) is 10.2 Å². The second-order valence-electron chi connectivity index (χ2n) is 6.14. The predicted molar refractivity (Wildman–Crippen MR) is 81.8 cm³/mol. The second-order valence-corrected chi connectivity index (χ2v) is 6.14. The van der Waals surface area contributed by atoms with Crippen LogP contribution in [0.25, 0.3) is 0 Å². The van der Waals surface area contributed by atoms with Crippen molar-refractivity contribution in [3.05, 3.63) is 28.8 Å². The molecule has 0 aliphatic carbocycles. The van der Waals surface area contributed by atoms with Crippen LogP contribution in [0.1, 0.15) is 41.3 Å². The summed E-state index contributed by atoms with van der Waals surface area (Å²) in [6.45, 7) is 0.943. The molecule has 10 heteroatoms. The van der Waals surface area contributed by atoms with Crippen LogP contribution in [0.3, 0.4) is 0 Å². The normalized spacial score (nSPS) is 20.1. The van der Waals surface area contributed by atoms with Crippen LogP contribution in [0, 0.1) is 0 Å². The van der Waals surface area contributed by atoms with E-state index in [9.17, 15) is 32.3 Å². The molecule has 0 radical (unpaired) electrons. The van der Waals surface area contributed by atoms with Crippen LogP contribution in [0.4, 0.5) is 18.9 Å². The minimum atomic E-state index is -4.81. The van der Waals surface area contributed by atoms with Crippen LogP contribution in [0.2, 0.25) is 0 Å². The zero-order valence-electron chi connectivity index (χ0n) is 13.6. The molecule has 4 amide bonds. The van der Waals surface area contributed by atoms with Crippen LogP contribution in [0.15, 0.2) is 12.1 Å². The number of anilines is 1. The number of halogens is 3. The molecule has 2 aliphatic heterocycles. The molecule has 26 heavy (non-hydrogen) atoms. The maximum atomic E-state index is 13.4. The van der Waals surface area contributed by atoms with Crippen molar-refractivity contribution < 1.29 is 32.3 Å². The average molecular weight is 369 g/mol. The van der Waals surface area contributed by atoms with Gasteiger partial charge in [-0.3, -0.25) is 24.5 Å². The van der Waals surface area contributed by atoms with Gasteiger partial charge in [0.05, 0.1) is 11.1 Å². The molecule has 1 fully saturated rings. The van der Waals surface area contributed by atoms with Gasteiger partial charge in [0.25, 0.3) is 5.91 Å². The number of fused-ring (bicyclic) bond motifs is 1. The van der Waals surface area contributed by atoms with Gasteiger partial charge in [0.2, 0.25) is 17.7 Å². The smallest absolute Gasteiger partial charge is 0.326 e. The number of alkyl halides is 3. The standard InChI is InChI=1S/C16H14F3N3O4/c1-7(23)20-9-4-8-6-22(11-2-3-12(24)21-14(11)25)15(26)13(8)10(5-9)16(17,18)19/h4-5,11H,2-3,6H2,1H3,(H,20,23)(H,21,24,25). The molecule has 0 bridgehead atoms. The fourth-order valence-electron chi connectivity index (χ4n) is 3.21. The number of nitrogens with one attached hydrogen (secondary N) is 2. The number of hydrogen-bond donors (Lipinski definition) is 2. The molecule has 7 nitrogen and oxygen atoms in total. The highest BCUT2D eigenvalue weighted by molar-refractivity contribution is 6.06. The van der Waals surface area contributed by atoms with E-state index in [-0.39, 0.29) is 30.6 Å². The molecule has 0 aromatic heterocycles. The maximum absolute atomic E-state index is 13.4. The molecule has 2 heterocycles. The van der Waals surface area contributed by atoms with E-state index in [1.807, 2.05) is 0 Å². The molecule has 0 spiro atoms. The van der Waals surface area contributed by atoms with E-state index in [2.05, 4.69) is 10.6 Å². The third-order valence-electron chi connectivity index (χ3n) is 4.25. The number of hydrogen-bond acceptors (Lipinski definition) is 4. The van der Waals surface area contributed by atoms with Crippen molar-refractivity contribution in [3.8, 4) is 0 Å². The average Bonchev–Trinajstić information content (AvgIpc) is 2.82. The van der Waals surface area contributed by atoms with Crippen LogP contribution in [-0.2, 0) is 27.1 Å². The van der Waals surface area contributed by atoms with Gasteiger partial charge in [-0.05, 0) is 24.1 Å². The number of benzene rings is 1. The van der Waals surface area contributed by atoms with Gasteiger partial charge in [-0.15, -0.1) is 0 Å². The Morgan fingerprint density at radius 2 is 1.96 bits per heavy atom. The molecule has 0 saturated carbocycles. The Labute approximate surface area is 145 Å². The summed E-state index contributed by atoms with van der Waals surface area (Å²) in [6, 6.07) is 0.972. The van der Waals surface area contributed by atoms with Crippen LogP contribution in [-0.4, -0.2) is 34.6 Å². The summed E-state index contributed by atoms with van der Waals surface area (Å²) in [5.74, 6) is -2.67. The largest absolute Gasteiger partial charge is 0.417 e. The van der Waals surface area contributed by atoms with Crippen LogP contribution >= 0.6 is 0 Å². The summed E-state index contributed by atoms with van der Waals surface area (Å²) < 4.78 is 40.3. The quantitative estimate of drug-likeness (QED) is 0.771. The molecule has 2 N–H and O–H groups in total. The van der Waals surface area contributed by atoms with Gasteiger partial charge in [-0.2, -0.15) is 13.2 Å². The highest BCUT2D eigenvalue weighted by atomic mass is 19.4. The number of nitrogens with zero attached hydrogens (tertiary/aromatic N) is 1. The van der Waals surface area contributed by atoms with Crippen molar-refractivity contribution in [1.29, 1.82) is 0 Å². The zero-order valence-corrected chi connectivity index (χ0v) is 13.6. The van der Waals surface area contributed by atoms with E-state index in [0.717, 1.165) is 11.8 Å². The molecular formula is C16H14F3N3O4. The maximum Gasteiger partial charge on any atom is 0.417 e. The topological polar surface area (TPSA) is 95.6 Å². The van der Waals surface area contributed by atoms with E-state index in [4.69, 9.17) is 0 Å². The van der Waals surface area contributed by atoms with Crippen molar-refractivity contribution in [2.45, 2.75) is 38.5 Å². The summed E-state index contributed by atoms with van der Waals surface area (Å²) in [5.41, 5.74) is -1.71. The van der Waals surface area contributed by atoms with Gasteiger partial charge in [-0.25, -0.2) is 0 Å². The number of piperidine rings is 1. The van der Waals surface area contributed by atoms with E-state index in [0.29, 0.717) is 6.07 Å². The Hall–Kier alpha value is -2.91. The molecule has 1 saturated heterocycles. The summed E-state index contributed by atoms with van der Waals surface area (Å²) in [4.78, 5) is 48.0. The van der Waals surface area contributed by atoms with Gasteiger partial charge in [-0.1, -0.05) is 0 Å². The molecule has 138 valence electrons. The first-order chi connectivity index (χ1) is 12.1. The first kappa shape index (κ1) is 17.9. The van der Waals surface area contributed by atoms with Crippen molar-refractivity contribution >= 4 is 29.3 Å². The van der Waals surface area contributed by atoms with E-state index >= 15 is 0 Å². The van der Waals surface area contributed by atoms with Gasteiger partial charge < -0.3 is 10.2 Å². The second kappa shape index (κ2) is 6.11. The lowest BCUT2D eigenvalue weighted by Gasteiger charge is -2.29. The molecule has 1 atom stereocenters. The Kier molecular flexibility index (Phi) is 4.21. The highest BCUT2D eigenvalue weighted by Crippen LogP contribution is 2.40. The Morgan fingerprint density at radius 3 is 2.54 bits per heavy atom. The van der Waals surface area contributed by atoms with Crippen LogP contribution < -0.4 is 10.6 Å². The molecule has 3 rings (SSSR count). The highest BCUT2D eigenvalue weighted by Gasteiger charge is 2.45. The Bertz CT molecular complexity index is 835. The summed E-state index contributed by atoms with van der Waals surface area (Å²) >= 11 is 0. The first-order valence-electron chi connectivity index (χ1n) is 7.74. The summed E-state index contributed by atoms with van der Waals surface area (Å²) in [5, 5.41) is 4.36. The molecule has 1 aromatic carbocycles. The molecule has 1 aromatic rings. The SMILES string of the molecule is CC(=O)Nc1cc2c(c(C(F)(F)F)c1)C(=O)N(C1CCC(=O)NC1=O)C2. The molecular weight excluding hydrogens is 355 g/mol. The number of amides is 4. The number of carbonyl (C=O) groups is 4. The minimum Gasteiger partial charge on any atom is -0.326 e. The third-order valence-corrected chi connectivity index (χ3v) is 4.25. The lowest BCUT2D eigenvalue weighted by Crippen LogP contribution is -2.52. The fraction of sp³-hybridized carbons (Fsp3) is 0.375. The Balaban J connectivity index is 2.01. The van der Waals surface area contributed by atoms with Crippen molar-refractivity contribution in [2.24, 2.45) is 0 Å². The first-order valence-corrected chi connectivity index (χ1v) is 7.74. The van der Waals surface area contributed by atoms with Gasteiger partial charge in [0, 0.05) is 25.6 Å². The van der Waals surface area contributed by atoms with Gasteiger partial charge in [0.1, 0.15) is 6.04 Å². The number of rotatable bonds is 2. The molecule has 1 unspecified atom stereocenters. The summed E-state index contributed by atoms with van der Waals surface area (Å²) in [6.07, 6.45) is -4.76. The number of carbonyl (C=O) groups excluding carboxylic acids is 4. The lowest BCUT2D eigenvalue weighted by atomic mass is 10.0. The van der Waals surface area contributed by atoms with Gasteiger partial charge >= 0.3 is 6.18 Å². The summed E-state index contributed by atoms with van der Waals surface area (Å²) in [7, 11) is 0. The van der Waals surface area contributed by atoms with Crippen LogP contribution in [0.5, 0.6) is 0 Å². The third kappa shape index (κ3) is 3.14. The molecule has 2 aliphatic rings. The van der Waals surface area contributed by atoms with Crippen molar-refractivity contribution in [3.63, 3.8) is 0 Å². The monoisotopic (exact) mass is 369 g/mol. The van der Waals surface area contributed by atoms with Gasteiger partial charge in [0.15, 0.2) is 0 Å². The van der Waals surface area contributed by atoms with Crippen molar-refractivity contribution in [2.75, 3.05) is 5.32 Å². The van der Waals surface area contributed by atoms with E-state index < -0.39 is 47.0 Å². The Morgan fingerprint density at radius 1 is 1.27 bits per heavy atom. The van der Waals surface area contributed by atoms with E-state index in [1.54, 1.807) is 0 Å².